The van der Waals surface area contributed by atoms with Crippen LogP contribution in [0, 0.1) is 5.92 Å². The van der Waals surface area contributed by atoms with Crippen molar-refractivity contribution in [3.8, 4) is 0 Å². The van der Waals surface area contributed by atoms with E-state index in [-0.39, 0.29) is 22.7 Å². The van der Waals surface area contributed by atoms with Gasteiger partial charge in [0, 0.05) is 27.2 Å². The van der Waals surface area contributed by atoms with Gasteiger partial charge in [-0.15, -0.1) is 0 Å². The SMILES string of the molecule is CCOC(=O)C1CCN(C(=O)[C@@H](C)Sc2nc3cc(S(=O)(=O)N(C)C)ccc3o2)CC1. The zero-order valence-electron chi connectivity index (χ0n) is 18.0. The molecule has 0 aliphatic carbocycles. The van der Waals surface area contributed by atoms with Gasteiger partial charge >= 0.3 is 5.97 Å². The van der Waals surface area contributed by atoms with Gasteiger partial charge in [-0.1, -0.05) is 11.8 Å². The Morgan fingerprint density at radius 1 is 1.32 bits per heavy atom. The van der Waals surface area contributed by atoms with E-state index >= 15 is 0 Å². The fourth-order valence-corrected chi connectivity index (χ4v) is 5.13. The minimum atomic E-state index is -3.57. The minimum absolute atomic E-state index is 0.0505. The quantitative estimate of drug-likeness (QED) is 0.449. The van der Waals surface area contributed by atoms with Crippen molar-refractivity contribution < 1.29 is 27.2 Å². The highest BCUT2D eigenvalue weighted by atomic mass is 32.2. The average molecular weight is 470 g/mol. The van der Waals surface area contributed by atoms with Crippen LogP contribution in [0.4, 0.5) is 0 Å². The average Bonchev–Trinajstić information content (AvgIpc) is 3.14. The molecule has 2 aromatic rings. The number of amides is 1. The second-order valence-electron chi connectivity index (χ2n) is 7.51. The van der Waals surface area contributed by atoms with E-state index in [0.717, 1.165) is 4.31 Å². The third kappa shape index (κ3) is 5.21. The van der Waals surface area contributed by atoms with Crippen LogP contribution in [0.5, 0.6) is 0 Å². The molecule has 0 bridgehead atoms. The maximum Gasteiger partial charge on any atom is 0.309 e. The molecule has 1 aliphatic rings. The molecule has 1 atom stereocenters. The van der Waals surface area contributed by atoms with Crippen molar-refractivity contribution in [2.45, 2.75) is 42.1 Å². The van der Waals surface area contributed by atoms with E-state index < -0.39 is 15.3 Å². The number of hydrogen-bond acceptors (Lipinski definition) is 8. The summed E-state index contributed by atoms with van der Waals surface area (Å²) in [6, 6.07) is 4.50. The van der Waals surface area contributed by atoms with Gasteiger partial charge in [-0.05, 0) is 44.9 Å². The number of aromatic nitrogens is 1. The van der Waals surface area contributed by atoms with E-state index in [0.29, 0.717) is 48.9 Å². The van der Waals surface area contributed by atoms with Crippen LogP contribution in [-0.4, -0.2) is 73.5 Å². The van der Waals surface area contributed by atoms with Gasteiger partial charge in [-0.25, -0.2) is 17.7 Å². The molecule has 31 heavy (non-hydrogen) atoms. The molecule has 9 nitrogen and oxygen atoms in total. The van der Waals surface area contributed by atoms with Gasteiger partial charge in [0.25, 0.3) is 5.22 Å². The first-order valence-corrected chi connectivity index (χ1v) is 12.4. The Balaban J connectivity index is 1.64. The van der Waals surface area contributed by atoms with Crippen molar-refractivity contribution in [3.63, 3.8) is 0 Å². The van der Waals surface area contributed by atoms with Gasteiger partial charge in [0.1, 0.15) is 5.52 Å². The van der Waals surface area contributed by atoms with Crippen molar-refractivity contribution in [3.05, 3.63) is 18.2 Å². The van der Waals surface area contributed by atoms with Crippen molar-refractivity contribution >= 4 is 44.8 Å². The molecule has 0 unspecified atom stereocenters. The van der Waals surface area contributed by atoms with Crippen LogP contribution >= 0.6 is 11.8 Å². The molecule has 2 heterocycles. The normalized spacial score (nSPS) is 16.6. The van der Waals surface area contributed by atoms with E-state index in [9.17, 15) is 18.0 Å². The predicted molar refractivity (Wildman–Crippen MR) is 116 cm³/mol. The number of carbonyl (C=O) groups excluding carboxylic acids is 2. The Bertz CT molecular complexity index is 1060. The Hall–Kier alpha value is -2.11. The molecule has 1 aliphatic heterocycles. The lowest BCUT2D eigenvalue weighted by Crippen LogP contribution is -2.43. The summed E-state index contributed by atoms with van der Waals surface area (Å²) in [6.45, 7) is 4.93. The zero-order chi connectivity index (χ0) is 22.8. The number of benzene rings is 1. The first-order chi connectivity index (χ1) is 14.6. The molecule has 0 radical (unpaired) electrons. The fraction of sp³-hybridized carbons (Fsp3) is 0.550. The van der Waals surface area contributed by atoms with Crippen LogP contribution in [0.25, 0.3) is 11.1 Å². The summed E-state index contributed by atoms with van der Waals surface area (Å²) < 4.78 is 36.5. The first-order valence-electron chi connectivity index (χ1n) is 10.1. The Morgan fingerprint density at radius 2 is 2.00 bits per heavy atom. The van der Waals surface area contributed by atoms with E-state index in [2.05, 4.69) is 4.98 Å². The van der Waals surface area contributed by atoms with Crippen LogP contribution in [0.1, 0.15) is 26.7 Å². The number of fused-ring (bicyclic) bond motifs is 1. The number of nitrogens with zero attached hydrogens (tertiary/aromatic N) is 3. The predicted octanol–water partition coefficient (Wildman–Crippen LogP) is 2.36. The molecular weight excluding hydrogens is 442 g/mol. The van der Waals surface area contributed by atoms with Gasteiger partial charge in [-0.3, -0.25) is 9.59 Å². The van der Waals surface area contributed by atoms with E-state index in [1.807, 2.05) is 0 Å². The topological polar surface area (TPSA) is 110 Å². The third-order valence-corrected chi connectivity index (χ3v) is 7.91. The molecule has 1 amide bonds. The summed E-state index contributed by atoms with van der Waals surface area (Å²) in [5.74, 6) is -0.402. The summed E-state index contributed by atoms with van der Waals surface area (Å²) in [5.41, 5.74) is 0.871. The minimum Gasteiger partial charge on any atom is -0.466 e. The van der Waals surface area contributed by atoms with Gasteiger partial charge in [0.15, 0.2) is 5.58 Å². The molecule has 0 saturated carbocycles. The van der Waals surface area contributed by atoms with Crippen molar-refractivity contribution in [2.24, 2.45) is 5.92 Å². The molecule has 170 valence electrons. The Kier molecular flexibility index (Phi) is 7.28. The Labute approximate surface area is 186 Å². The standard InChI is InChI=1S/C20H27N3O6S2/c1-5-28-19(25)14-8-10-23(11-9-14)18(24)13(2)30-20-21-16-12-15(6-7-17(16)29-20)31(26,27)22(3)4/h6-7,12-14H,5,8-11H2,1-4H3/t13-/m1/s1. The number of carbonyl (C=O) groups is 2. The lowest BCUT2D eigenvalue weighted by molar-refractivity contribution is -0.151. The maximum absolute atomic E-state index is 12.8. The number of rotatable bonds is 7. The number of piperidine rings is 1. The molecule has 11 heteroatoms. The molecule has 3 rings (SSSR count). The summed E-state index contributed by atoms with van der Waals surface area (Å²) in [5, 5.41) is -0.131. The van der Waals surface area contributed by atoms with Crippen LogP contribution < -0.4 is 0 Å². The highest BCUT2D eigenvalue weighted by Crippen LogP contribution is 2.30. The highest BCUT2D eigenvalue weighted by Gasteiger charge is 2.31. The smallest absolute Gasteiger partial charge is 0.309 e. The summed E-state index contributed by atoms with van der Waals surface area (Å²) >= 11 is 1.19. The van der Waals surface area contributed by atoms with Crippen LogP contribution in [0.15, 0.2) is 32.7 Å². The number of ether oxygens (including phenoxy) is 1. The van der Waals surface area contributed by atoms with Gasteiger partial charge in [0.2, 0.25) is 15.9 Å². The fourth-order valence-electron chi connectivity index (χ4n) is 3.36. The van der Waals surface area contributed by atoms with Crippen molar-refractivity contribution in [2.75, 3.05) is 33.8 Å². The summed E-state index contributed by atoms with van der Waals surface area (Å²) in [6.07, 6.45) is 1.18. The number of esters is 1. The van der Waals surface area contributed by atoms with Gasteiger partial charge in [0.05, 0.1) is 22.7 Å². The summed E-state index contributed by atoms with van der Waals surface area (Å²) in [4.78, 5) is 30.9. The number of hydrogen-bond donors (Lipinski definition) is 0. The molecule has 0 spiro atoms. The molecule has 0 N–H and O–H groups in total. The maximum atomic E-state index is 12.8. The van der Waals surface area contributed by atoms with E-state index in [1.54, 1.807) is 24.8 Å². The summed E-state index contributed by atoms with van der Waals surface area (Å²) in [7, 11) is -0.644. The molecule has 1 fully saturated rings. The second kappa shape index (κ2) is 9.58. The second-order valence-corrected chi connectivity index (χ2v) is 11.0. The van der Waals surface area contributed by atoms with Crippen molar-refractivity contribution in [1.29, 1.82) is 0 Å². The number of thioether (sulfide) groups is 1. The lowest BCUT2D eigenvalue weighted by Gasteiger charge is -2.32. The van der Waals surface area contributed by atoms with Crippen LogP contribution in [0.3, 0.4) is 0 Å². The van der Waals surface area contributed by atoms with Crippen molar-refractivity contribution in [1.82, 2.24) is 14.2 Å². The molecular formula is C20H27N3O6S2. The van der Waals surface area contributed by atoms with E-state index in [4.69, 9.17) is 9.15 Å². The Morgan fingerprint density at radius 3 is 2.61 bits per heavy atom. The van der Waals surface area contributed by atoms with Crippen LogP contribution in [-0.2, 0) is 24.3 Å². The zero-order valence-corrected chi connectivity index (χ0v) is 19.7. The largest absolute Gasteiger partial charge is 0.466 e. The first kappa shape index (κ1) is 23.6. The molecule has 1 saturated heterocycles. The lowest BCUT2D eigenvalue weighted by atomic mass is 9.97. The van der Waals surface area contributed by atoms with E-state index in [1.165, 1.54) is 38.0 Å². The molecule has 1 aromatic heterocycles. The highest BCUT2D eigenvalue weighted by molar-refractivity contribution is 8.00. The van der Waals surface area contributed by atoms with Crippen LogP contribution in [0.2, 0.25) is 0 Å². The number of sulfonamides is 1. The van der Waals surface area contributed by atoms with Gasteiger partial charge in [-0.2, -0.15) is 0 Å². The molecule has 1 aromatic carbocycles. The number of likely N-dealkylation sites (tertiary alicyclic amines) is 1. The monoisotopic (exact) mass is 469 g/mol. The third-order valence-electron chi connectivity index (χ3n) is 5.17. The van der Waals surface area contributed by atoms with Gasteiger partial charge < -0.3 is 14.1 Å². The number of oxazole rings is 1.